The van der Waals surface area contributed by atoms with Crippen LogP contribution in [0, 0.1) is 0 Å². The molecule has 0 radical (unpaired) electrons. The van der Waals surface area contributed by atoms with Crippen molar-refractivity contribution in [2.24, 2.45) is 0 Å². The lowest BCUT2D eigenvalue weighted by molar-refractivity contribution is 0.121. The van der Waals surface area contributed by atoms with E-state index in [0.29, 0.717) is 0 Å². The summed E-state index contributed by atoms with van der Waals surface area (Å²) in [5.74, 6) is 0. The Hall–Kier alpha value is -1.86. The molecule has 110 valence electrons. The van der Waals surface area contributed by atoms with Crippen molar-refractivity contribution >= 4 is 6.08 Å². The molecule has 0 saturated heterocycles. The van der Waals surface area contributed by atoms with E-state index < -0.39 is 0 Å². The zero-order chi connectivity index (χ0) is 14.9. The summed E-state index contributed by atoms with van der Waals surface area (Å²) in [6, 6.07) is 17.4. The van der Waals surface area contributed by atoms with E-state index in [0.717, 1.165) is 32.5 Å². The van der Waals surface area contributed by atoms with Gasteiger partial charge in [-0.15, -0.1) is 0 Å². The highest BCUT2D eigenvalue weighted by Gasteiger charge is 1.98. The largest absolute Gasteiger partial charge is 0.377 e. The highest BCUT2D eigenvalue weighted by Crippen LogP contribution is 2.11. The van der Waals surface area contributed by atoms with Gasteiger partial charge in [0.05, 0.1) is 6.61 Å². The molecule has 0 unspecified atom stereocenters. The predicted molar refractivity (Wildman–Crippen MR) is 90.3 cm³/mol. The van der Waals surface area contributed by atoms with E-state index >= 15 is 0 Å². The third-order valence-corrected chi connectivity index (χ3v) is 3.56. The maximum atomic E-state index is 5.55. The summed E-state index contributed by atoms with van der Waals surface area (Å²) >= 11 is 0. The molecule has 21 heavy (non-hydrogen) atoms. The fourth-order valence-corrected chi connectivity index (χ4v) is 2.25. The van der Waals surface area contributed by atoms with Crippen LogP contribution in [0.1, 0.15) is 35.6 Å². The van der Waals surface area contributed by atoms with Crippen molar-refractivity contribution in [1.82, 2.24) is 0 Å². The summed E-state index contributed by atoms with van der Waals surface area (Å²) in [6.07, 6.45) is 5.10. The van der Waals surface area contributed by atoms with Gasteiger partial charge in [-0.2, -0.15) is 0 Å². The molecule has 0 aliphatic carbocycles. The molecule has 0 saturated carbocycles. The Labute approximate surface area is 128 Å². The Balaban J connectivity index is 1.83. The first-order valence-corrected chi connectivity index (χ1v) is 7.68. The van der Waals surface area contributed by atoms with E-state index in [1.807, 2.05) is 6.08 Å². The minimum atomic E-state index is 0.719. The zero-order valence-corrected chi connectivity index (χ0v) is 12.8. The topological polar surface area (TPSA) is 9.23 Å². The van der Waals surface area contributed by atoms with Crippen molar-refractivity contribution in [3.8, 4) is 0 Å². The minimum Gasteiger partial charge on any atom is -0.377 e. The third-order valence-electron chi connectivity index (χ3n) is 3.56. The number of hydrogen-bond acceptors (Lipinski definition) is 1. The van der Waals surface area contributed by atoms with Crippen molar-refractivity contribution in [1.29, 1.82) is 0 Å². The summed E-state index contributed by atoms with van der Waals surface area (Å²) in [7, 11) is 0. The summed E-state index contributed by atoms with van der Waals surface area (Å²) in [5, 5.41) is 0. The maximum Gasteiger partial charge on any atom is 0.0716 e. The molecular weight excluding hydrogens is 256 g/mol. The van der Waals surface area contributed by atoms with Crippen LogP contribution >= 0.6 is 0 Å². The Bertz CT molecular complexity index is 537. The fraction of sp³-hybridized carbons (Fsp3) is 0.300. The average molecular weight is 280 g/mol. The molecule has 0 aliphatic rings. The van der Waals surface area contributed by atoms with Crippen molar-refractivity contribution in [2.45, 2.75) is 32.8 Å². The Morgan fingerprint density at radius 1 is 0.857 bits per heavy atom. The van der Waals surface area contributed by atoms with Crippen LogP contribution in [0.4, 0.5) is 0 Å². The third kappa shape index (κ3) is 5.20. The molecule has 0 spiro atoms. The van der Waals surface area contributed by atoms with Gasteiger partial charge in [0.2, 0.25) is 0 Å². The van der Waals surface area contributed by atoms with Crippen molar-refractivity contribution in [3.63, 3.8) is 0 Å². The van der Waals surface area contributed by atoms with E-state index in [4.69, 9.17) is 4.74 Å². The van der Waals surface area contributed by atoms with Gasteiger partial charge in [0.1, 0.15) is 0 Å². The smallest absolute Gasteiger partial charge is 0.0716 e. The Morgan fingerprint density at radius 2 is 1.38 bits per heavy atom. The summed E-state index contributed by atoms with van der Waals surface area (Å²) in [6.45, 7) is 7.46. The van der Waals surface area contributed by atoms with Gasteiger partial charge in [0.15, 0.2) is 0 Å². The van der Waals surface area contributed by atoms with Gasteiger partial charge in [-0.3, -0.25) is 0 Å². The van der Waals surface area contributed by atoms with Crippen LogP contribution in [0.3, 0.4) is 0 Å². The summed E-state index contributed by atoms with van der Waals surface area (Å²) in [4.78, 5) is 0. The molecule has 0 atom stereocenters. The van der Waals surface area contributed by atoms with E-state index in [-0.39, 0.29) is 0 Å². The second-order valence-electron chi connectivity index (χ2n) is 5.31. The molecule has 0 N–H and O–H groups in total. The molecule has 0 heterocycles. The van der Waals surface area contributed by atoms with Crippen LogP contribution in [0.25, 0.3) is 6.08 Å². The molecule has 2 aromatic carbocycles. The van der Waals surface area contributed by atoms with Crippen LogP contribution in [-0.2, 0) is 24.2 Å². The van der Waals surface area contributed by atoms with Crippen molar-refractivity contribution in [3.05, 3.63) is 77.4 Å². The molecule has 0 aromatic heterocycles. The molecule has 0 aliphatic heterocycles. The van der Waals surface area contributed by atoms with E-state index in [2.05, 4.69) is 62.0 Å². The van der Waals surface area contributed by atoms with Crippen LogP contribution in [-0.4, -0.2) is 6.61 Å². The minimum absolute atomic E-state index is 0.719. The second kappa shape index (κ2) is 8.43. The number of rotatable bonds is 8. The van der Waals surface area contributed by atoms with Gasteiger partial charge in [-0.1, -0.05) is 68.1 Å². The molecule has 0 bridgehead atoms. The first-order valence-electron chi connectivity index (χ1n) is 7.68. The van der Waals surface area contributed by atoms with Crippen LogP contribution in [0.5, 0.6) is 0 Å². The Morgan fingerprint density at radius 3 is 1.90 bits per heavy atom. The van der Waals surface area contributed by atoms with Gasteiger partial charge in [0, 0.05) is 6.61 Å². The number of aryl methyl sites for hydroxylation is 2. The Kier molecular flexibility index (Phi) is 6.23. The van der Waals surface area contributed by atoms with E-state index in [1.54, 1.807) is 0 Å². The second-order valence-corrected chi connectivity index (χ2v) is 5.31. The van der Waals surface area contributed by atoms with Crippen molar-refractivity contribution < 1.29 is 4.74 Å². The monoisotopic (exact) mass is 280 g/mol. The lowest BCUT2D eigenvalue weighted by Gasteiger charge is -2.06. The molecule has 1 heteroatoms. The quantitative estimate of drug-likeness (QED) is 0.615. The molecule has 0 fully saturated rings. The van der Waals surface area contributed by atoms with Gasteiger partial charge in [0.25, 0.3) is 0 Å². The molecule has 1 nitrogen and oxygen atoms in total. The van der Waals surface area contributed by atoms with E-state index in [1.165, 1.54) is 22.3 Å². The van der Waals surface area contributed by atoms with Crippen LogP contribution in [0.2, 0.25) is 0 Å². The number of hydrogen-bond donors (Lipinski definition) is 0. The zero-order valence-electron chi connectivity index (χ0n) is 12.8. The average Bonchev–Trinajstić information content (AvgIpc) is 2.55. The highest BCUT2D eigenvalue weighted by molar-refractivity contribution is 5.47. The first-order chi connectivity index (χ1) is 10.3. The highest BCUT2D eigenvalue weighted by atomic mass is 16.5. The molecule has 0 amide bonds. The molecule has 2 rings (SSSR count). The normalized spacial score (nSPS) is 10.5. The van der Waals surface area contributed by atoms with E-state index in [9.17, 15) is 0 Å². The standard InChI is InChI=1S/C20H24O/c1-3-15-21-16-20-13-11-19(12-14-20)10-9-18-7-5-17(4-2)6-8-18/h4-8,11-14H,2-3,9-10,15-16H2,1H3. The lowest BCUT2D eigenvalue weighted by atomic mass is 10.0. The first kappa shape index (κ1) is 15.5. The summed E-state index contributed by atoms with van der Waals surface area (Å²) in [5.41, 5.74) is 5.18. The molecular formula is C20H24O. The van der Waals surface area contributed by atoms with Crippen molar-refractivity contribution in [2.75, 3.05) is 6.61 Å². The van der Waals surface area contributed by atoms with Crippen LogP contribution < -0.4 is 0 Å². The predicted octanol–water partition coefficient (Wildman–Crippen LogP) is 5.04. The van der Waals surface area contributed by atoms with Crippen LogP contribution in [0.15, 0.2) is 55.1 Å². The summed E-state index contributed by atoms with van der Waals surface area (Å²) < 4.78 is 5.55. The van der Waals surface area contributed by atoms with Gasteiger partial charge in [-0.05, 0) is 41.5 Å². The lowest BCUT2D eigenvalue weighted by Crippen LogP contribution is -1.95. The van der Waals surface area contributed by atoms with Gasteiger partial charge < -0.3 is 4.74 Å². The van der Waals surface area contributed by atoms with Gasteiger partial charge in [-0.25, -0.2) is 0 Å². The number of ether oxygens (including phenoxy) is 1. The maximum absolute atomic E-state index is 5.55. The fourth-order valence-electron chi connectivity index (χ4n) is 2.25. The van der Waals surface area contributed by atoms with Gasteiger partial charge >= 0.3 is 0 Å². The molecule has 2 aromatic rings. The number of benzene rings is 2. The SMILES string of the molecule is C=Cc1ccc(CCc2ccc(COCCC)cc2)cc1.